The highest BCUT2D eigenvalue weighted by Gasteiger charge is 2.06. The molecule has 0 bridgehead atoms. The first kappa shape index (κ1) is 9.83. The van der Waals surface area contributed by atoms with E-state index < -0.39 is 0 Å². The van der Waals surface area contributed by atoms with Gasteiger partial charge < -0.3 is 9.72 Å². The second kappa shape index (κ2) is 4.21. The summed E-state index contributed by atoms with van der Waals surface area (Å²) >= 11 is 2.32. The van der Waals surface area contributed by atoms with E-state index in [0.717, 1.165) is 24.3 Å². The van der Waals surface area contributed by atoms with Crippen molar-refractivity contribution in [3.63, 3.8) is 0 Å². The van der Waals surface area contributed by atoms with Gasteiger partial charge in [-0.3, -0.25) is 0 Å². The number of aromatic amines is 1. The topological polar surface area (TPSA) is 25.0 Å². The summed E-state index contributed by atoms with van der Waals surface area (Å²) in [6, 6.07) is 6.10. The second-order valence-electron chi connectivity index (χ2n) is 3.16. The lowest BCUT2D eigenvalue weighted by molar-refractivity contribution is 0.321. The minimum Gasteiger partial charge on any atom is -0.493 e. The number of rotatable bonds is 3. The third kappa shape index (κ3) is 1.73. The van der Waals surface area contributed by atoms with Crippen LogP contribution >= 0.6 is 22.6 Å². The third-order valence-corrected chi connectivity index (χ3v) is 2.93. The number of ether oxygens (including phenoxy) is 1. The molecule has 0 amide bonds. The summed E-state index contributed by atoms with van der Waals surface area (Å²) in [6.45, 7) is 2.89. The zero-order valence-corrected chi connectivity index (χ0v) is 10.2. The van der Waals surface area contributed by atoms with Gasteiger partial charge in [0.05, 0.1) is 17.5 Å². The Hall–Kier alpha value is -0.710. The summed E-state index contributed by atoms with van der Waals surface area (Å²) in [6.07, 6.45) is 3.04. The van der Waals surface area contributed by atoms with Crippen molar-refractivity contribution in [2.75, 3.05) is 6.61 Å². The molecule has 0 fully saturated rings. The van der Waals surface area contributed by atoms with Crippen molar-refractivity contribution in [3.05, 3.63) is 28.0 Å². The van der Waals surface area contributed by atoms with Gasteiger partial charge in [-0.15, -0.1) is 0 Å². The first-order valence-corrected chi connectivity index (χ1v) is 5.79. The smallest absolute Gasteiger partial charge is 0.129 e. The van der Waals surface area contributed by atoms with Crippen molar-refractivity contribution in [2.24, 2.45) is 0 Å². The van der Waals surface area contributed by atoms with Crippen molar-refractivity contribution in [1.82, 2.24) is 4.98 Å². The predicted octanol–water partition coefficient (Wildman–Crippen LogP) is 3.56. The fourth-order valence-electron chi connectivity index (χ4n) is 1.44. The van der Waals surface area contributed by atoms with Crippen LogP contribution in [0.3, 0.4) is 0 Å². The molecule has 0 saturated carbocycles. The zero-order valence-electron chi connectivity index (χ0n) is 8.01. The molecular weight excluding hydrogens is 289 g/mol. The largest absolute Gasteiger partial charge is 0.493 e. The maximum atomic E-state index is 5.68. The minimum absolute atomic E-state index is 0.778. The van der Waals surface area contributed by atoms with Gasteiger partial charge in [-0.05, 0) is 41.1 Å². The van der Waals surface area contributed by atoms with Crippen molar-refractivity contribution in [1.29, 1.82) is 0 Å². The van der Waals surface area contributed by atoms with Gasteiger partial charge in [0.2, 0.25) is 0 Å². The first-order valence-electron chi connectivity index (χ1n) is 4.71. The van der Waals surface area contributed by atoms with Crippen molar-refractivity contribution < 1.29 is 4.74 Å². The van der Waals surface area contributed by atoms with Crippen LogP contribution in [0.15, 0.2) is 24.4 Å². The third-order valence-electron chi connectivity index (χ3n) is 2.08. The Balaban J connectivity index is 2.46. The van der Waals surface area contributed by atoms with Crippen LogP contribution in [-0.2, 0) is 0 Å². The monoisotopic (exact) mass is 301 g/mol. The lowest BCUT2D eigenvalue weighted by Crippen LogP contribution is -1.95. The number of fused-ring (bicyclic) bond motifs is 1. The van der Waals surface area contributed by atoms with Crippen LogP contribution in [0.2, 0.25) is 0 Å². The molecule has 0 radical (unpaired) electrons. The molecule has 2 rings (SSSR count). The van der Waals surface area contributed by atoms with Crippen molar-refractivity contribution in [2.45, 2.75) is 13.3 Å². The van der Waals surface area contributed by atoms with E-state index in [1.807, 2.05) is 18.3 Å². The van der Waals surface area contributed by atoms with Gasteiger partial charge in [0.15, 0.2) is 0 Å². The van der Waals surface area contributed by atoms with Crippen LogP contribution in [0.5, 0.6) is 5.75 Å². The van der Waals surface area contributed by atoms with Crippen LogP contribution in [-0.4, -0.2) is 11.6 Å². The van der Waals surface area contributed by atoms with Gasteiger partial charge >= 0.3 is 0 Å². The fourth-order valence-corrected chi connectivity index (χ4v) is 2.16. The molecule has 0 aliphatic carbocycles. The molecule has 2 nitrogen and oxygen atoms in total. The summed E-state index contributed by atoms with van der Waals surface area (Å²) in [7, 11) is 0. The van der Waals surface area contributed by atoms with Gasteiger partial charge in [-0.1, -0.05) is 13.0 Å². The highest BCUT2D eigenvalue weighted by molar-refractivity contribution is 14.1. The van der Waals surface area contributed by atoms with Crippen molar-refractivity contribution >= 4 is 33.5 Å². The number of aromatic nitrogens is 1. The maximum Gasteiger partial charge on any atom is 0.129 e. The van der Waals surface area contributed by atoms with E-state index in [1.54, 1.807) is 0 Å². The molecule has 14 heavy (non-hydrogen) atoms. The Bertz CT molecular complexity index is 436. The van der Waals surface area contributed by atoms with Gasteiger partial charge in [0.25, 0.3) is 0 Å². The number of H-pyrrole nitrogens is 1. The lowest BCUT2D eigenvalue weighted by Gasteiger charge is -2.05. The fraction of sp³-hybridized carbons (Fsp3) is 0.273. The molecule has 0 aliphatic heterocycles. The van der Waals surface area contributed by atoms with Gasteiger partial charge in [-0.25, -0.2) is 0 Å². The number of hydrogen-bond acceptors (Lipinski definition) is 1. The normalized spacial score (nSPS) is 10.7. The summed E-state index contributed by atoms with van der Waals surface area (Å²) in [5, 5.41) is 1.20. The van der Waals surface area contributed by atoms with E-state index in [0.29, 0.717) is 0 Å². The van der Waals surface area contributed by atoms with E-state index in [2.05, 4.69) is 40.6 Å². The summed E-state index contributed by atoms with van der Waals surface area (Å²) in [5.74, 6) is 0.981. The molecular formula is C11H12INO. The molecule has 0 unspecified atom stereocenters. The number of nitrogens with one attached hydrogen (secondary N) is 1. The maximum absolute atomic E-state index is 5.68. The van der Waals surface area contributed by atoms with Crippen LogP contribution in [0.4, 0.5) is 0 Å². The van der Waals surface area contributed by atoms with E-state index in [9.17, 15) is 0 Å². The Morgan fingerprint density at radius 2 is 2.29 bits per heavy atom. The van der Waals surface area contributed by atoms with E-state index >= 15 is 0 Å². The van der Waals surface area contributed by atoms with E-state index in [-0.39, 0.29) is 0 Å². The van der Waals surface area contributed by atoms with Gasteiger partial charge in [0.1, 0.15) is 5.75 Å². The molecule has 0 saturated heterocycles. The second-order valence-corrected chi connectivity index (χ2v) is 4.33. The van der Waals surface area contributed by atoms with Crippen LogP contribution in [0, 0.1) is 3.57 Å². The molecule has 0 atom stereocenters. The Morgan fingerprint density at radius 3 is 3.07 bits per heavy atom. The molecule has 0 aliphatic rings. The lowest BCUT2D eigenvalue weighted by atomic mass is 10.2. The molecule has 1 aromatic carbocycles. The van der Waals surface area contributed by atoms with Gasteiger partial charge in [0, 0.05) is 9.77 Å². The average molecular weight is 301 g/mol. The molecule has 1 N–H and O–H groups in total. The SMILES string of the molecule is CCCOc1cccc2[nH]cc(I)c12. The van der Waals surface area contributed by atoms with Gasteiger partial charge in [-0.2, -0.15) is 0 Å². The Kier molecular flexibility index (Phi) is 2.96. The van der Waals surface area contributed by atoms with E-state index in [1.165, 1.54) is 8.96 Å². The van der Waals surface area contributed by atoms with Crippen molar-refractivity contribution in [3.8, 4) is 5.75 Å². The average Bonchev–Trinajstić information content (AvgIpc) is 2.58. The standard InChI is InChI=1S/C11H12INO/c1-2-6-14-10-5-3-4-9-11(10)8(12)7-13-9/h3-5,7,13H,2,6H2,1H3. The molecule has 2 aromatic rings. The predicted molar refractivity (Wildman–Crippen MR) is 66.8 cm³/mol. The van der Waals surface area contributed by atoms with Crippen LogP contribution in [0.1, 0.15) is 13.3 Å². The quantitative estimate of drug-likeness (QED) is 0.862. The number of benzene rings is 1. The molecule has 3 heteroatoms. The van der Waals surface area contributed by atoms with Crippen LogP contribution in [0.25, 0.3) is 10.9 Å². The number of hydrogen-bond donors (Lipinski definition) is 1. The Morgan fingerprint density at radius 1 is 1.43 bits per heavy atom. The summed E-state index contributed by atoms with van der Waals surface area (Å²) in [4.78, 5) is 3.22. The highest BCUT2D eigenvalue weighted by Crippen LogP contribution is 2.29. The highest BCUT2D eigenvalue weighted by atomic mass is 127. The summed E-state index contributed by atoms with van der Waals surface area (Å²) in [5.41, 5.74) is 1.14. The zero-order chi connectivity index (χ0) is 9.97. The minimum atomic E-state index is 0.778. The molecule has 0 spiro atoms. The molecule has 1 aromatic heterocycles. The molecule has 74 valence electrons. The Labute approximate surface area is 96.8 Å². The van der Waals surface area contributed by atoms with E-state index in [4.69, 9.17) is 4.74 Å². The first-order chi connectivity index (χ1) is 6.83. The summed E-state index contributed by atoms with van der Waals surface area (Å²) < 4.78 is 6.90. The molecule has 1 heterocycles. The number of halogens is 1. The van der Waals surface area contributed by atoms with Crippen LogP contribution < -0.4 is 4.74 Å².